The van der Waals surface area contributed by atoms with Crippen molar-refractivity contribution in [1.82, 2.24) is 4.90 Å². The van der Waals surface area contributed by atoms with Gasteiger partial charge in [0.1, 0.15) is 0 Å². The highest BCUT2D eigenvalue weighted by Crippen LogP contribution is 2.37. The first-order valence-corrected chi connectivity index (χ1v) is 6.88. The molecule has 102 valence electrons. The van der Waals surface area contributed by atoms with E-state index >= 15 is 0 Å². The Bertz CT molecular complexity index is 495. The molecule has 3 rings (SSSR count). The van der Waals surface area contributed by atoms with Crippen LogP contribution in [-0.4, -0.2) is 42.5 Å². The number of benzene rings is 1. The van der Waals surface area contributed by atoms with Gasteiger partial charge in [-0.15, -0.1) is 0 Å². The Labute approximate surface area is 113 Å². The van der Waals surface area contributed by atoms with E-state index in [1.807, 2.05) is 12.1 Å². The van der Waals surface area contributed by atoms with Gasteiger partial charge >= 0.3 is 0 Å². The number of nitro groups is 1. The van der Waals surface area contributed by atoms with E-state index in [4.69, 9.17) is 0 Å². The summed E-state index contributed by atoms with van der Waals surface area (Å²) < 4.78 is 0. The first-order chi connectivity index (χ1) is 9.16. The molecule has 0 saturated carbocycles. The Hall–Kier alpha value is -1.62. The van der Waals surface area contributed by atoms with Gasteiger partial charge in [-0.25, -0.2) is 0 Å². The fourth-order valence-corrected chi connectivity index (χ4v) is 3.30. The summed E-state index contributed by atoms with van der Waals surface area (Å²) in [6.07, 6.45) is 3.11. The molecule has 1 aromatic rings. The van der Waals surface area contributed by atoms with Gasteiger partial charge in [0.15, 0.2) is 0 Å². The molecule has 1 aromatic carbocycles. The SMILES string of the molecule is CN1CCC(N2CCc3c2cccc3[N+](=O)[O-])CC1. The second-order valence-electron chi connectivity index (χ2n) is 5.51. The Balaban J connectivity index is 1.86. The number of hydrogen-bond donors (Lipinski definition) is 0. The summed E-state index contributed by atoms with van der Waals surface area (Å²) in [6.45, 7) is 3.16. The van der Waals surface area contributed by atoms with Crippen LogP contribution < -0.4 is 4.90 Å². The van der Waals surface area contributed by atoms with E-state index in [1.165, 1.54) is 0 Å². The number of piperidine rings is 1. The predicted octanol–water partition coefficient (Wildman–Crippen LogP) is 2.05. The number of nitrogens with zero attached hydrogens (tertiary/aromatic N) is 3. The molecule has 0 atom stereocenters. The molecule has 2 aliphatic rings. The molecule has 0 unspecified atom stereocenters. The van der Waals surface area contributed by atoms with Gasteiger partial charge in [0.2, 0.25) is 0 Å². The molecule has 5 heteroatoms. The van der Waals surface area contributed by atoms with Gasteiger partial charge in [-0.05, 0) is 45.5 Å². The number of nitro benzene ring substituents is 1. The average Bonchev–Trinajstić information content (AvgIpc) is 2.83. The average molecular weight is 261 g/mol. The van der Waals surface area contributed by atoms with Gasteiger partial charge in [0.25, 0.3) is 5.69 Å². The van der Waals surface area contributed by atoms with Gasteiger partial charge < -0.3 is 9.80 Å². The lowest BCUT2D eigenvalue weighted by Gasteiger charge is -2.36. The number of rotatable bonds is 2. The summed E-state index contributed by atoms with van der Waals surface area (Å²) in [7, 11) is 2.15. The molecule has 0 N–H and O–H groups in total. The third kappa shape index (κ3) is 2.18. The molecule has 0 spiro atoms. The van der Waals surface area contributed by atoms with E-state index in [-0.39, 0.29) is 10.6 Å². The predicted molar refractivity (Wildman–Crippen MR) is 74.7 cm³/mol. The van der Waals surface area contributed by atoms with Crippen LogP contribution in [0, 0.1) is 10.1 Å². The van der Waals surface area contributed by atoms with Crippen molar-refractivity contribution in [3.63, 3.8) is 0 Å². The van der Waals surface area contributed by atoms with Crippen molar-refractivity contribution in [1.29, 1.82) is 0 Å². The lowest BCUT2D eigenvalue weighted by molar-refractivity contribution is -0.385. The van der Waals surface area contributed by atoms with Gasteiger partial charge in [0, 0.05) is 24.3 Å². The maximum Gasteiger partial charge on any atom is 0.274 e. The minimum atomic E-state index is -0.253. The minimum absolute atomic E-state index is 0.253. The van der Waals surface area contributed by atoms with E-state index in [2.05, 4.69) is 16.8 Å². The summed E-state index contributed by atoms with van der Waals surface area (Å²) >= 11 is 0. The summed E-state index contributed by atoms with van der Waals surface area (Å²) in [5.41, 5.74) is 2.29. The molecular weight excluding hydrogens is 242 g/mol. The quantitative estimate of drug-likeness (QED) is 0.604. The van der Waals surface area contributed by atoms with Crippen LogP contribution in [0.4, 0.5) is 11.4 Å². The van der Waals surface area contributed by atoms with Crippen LogP contribution in [0.5, 0.6) is 0 Å². The Morgan fingerprint density at radius 3 is 2.68 bits per heavy atom. The van der Waals surface area contributed by atoms with Crippen molar-refractivity contribution in [2.24, 2.45) is 0 Å². The smallest absolute Gasteiger partial charge is 0.274 e. The third-order valence-electron chi connectivity index (χ3n) is 4.36. The molecule has 1 saturated heterocycles. The summed E-state index contributed by atoms with van der Waals surface area (Å²) in [4.78, 5) is 15.5. The van der Waals surface area contributed by atoms with Crippen LogP contribution in [0.15, 0.2) is 18.2 Å². The zero-order valence-electron chi connectivity index (χ0n) is 11.2. The molecular formula is C14H19N3O2. The molecule has 0 amide bonds. The zero-order valence-corrected chi connectivity index (χ0v) is 11.2. The van der Waals surface area contributed by atoms with E-state index in [0.29, 0.717) is 6.04 Å². The van der Waals surface area contributed by atoms with Gasteiger partial charge in [0.05, 0.1) is 10.5 Å². The monoisotopic (exact) mass is 261 g/mol. The normalized spacial score (nSPS) is 20.6. The van der Waals surface area contributed by atoms with Crippen LogP contribution in [0.1, 0.15) is 18.4 Å². The maximum atomic E-state index is 11.1. The highest BCUT2D eigenvalue weighted by molar-refractivity contribution is 5.66. The molecule has 0 aromatic heterocycles. The molecule has 19 heavy (non-hydrogen) atoms. The first-order valence-electron chi connectivity index (χ1n) is 6.88. The standard InChI is InChI=1S/C14H19N3O2/c1-15-8-5-11(6-9-15)16-10-7-12-13(16)3-2-4-14(12)17(18)19/h2-4,11H,5-10H2,1H3. The van der Waals surface area contributed by atoms with Crippen LogP contribution in [0.3, 0.4) is 0 Å². The molecule has 0 bridgehead atoms. The van der Waals surface area contributed by atoms with Crippen LogP contribution in [0.25, 0.3) is 0 Å². The van der Waals surface area contributed by atoms with E-state index in [0.717, 1.165) is 50.1 Å². The number of likely N-dealkylation sites (tertiary alicyclic amines) is 1. The second-order valence-corrected chi connectivity index (χ2v) is 5.51. The van der Waals surface area contributed by atoms with Gasteiger partial charge in [-0.1, -0.05) is 6.07 Å². The Kier molecular flexibility index (Phi) is 3.14. The van der Waals surface area contributed by atoms with Crippen molar-refractivity contribution in [2.45, 2.75) is 25.3 Å². The highest BCUT2D eigenvalue weighted by atomic mass is 16.6. The lowest BCUT2D eigenvalue weighted by Crippen LogP contribution is -2.43. The number of hydrogen-bond acceptors (Lipinski definition) is 4. The number of fused-ring (bicyclic) bond motifs is 1. The zero-order chi connectivity index (χ0) is 13.4. The first kappa shape index (κ1) is 12.4. The summed E-state index contributed by atoms with van der Waals surface area (Å²) in [5, 5.41) is 11.1. The third-order valence-corrected chi connectivity index (χ3v) is 4.36. The Morgan fingerprint density at radius 1 is 1.26 bits per heavy atom. The van der Waals surface area contributed by atoms with Crippen molar-refractivity contribution >= 4 is 11.4 Å². The second kappa shape index (κ2) is 4.81. The number of anilines is 1. The van der Waals surface area contributed by atoms with E-state index in [1.54, 1.807) is 6.07 Å². The fourth-order valence-electron chi connectivity index (χ4n) is 3.30. The van der Waals surface area contributed by atoms with E-state index in [9.17, 15) is 10.1 Å². The van der Waals surface area contributed by atoms with Crippen molar-refractivity contribution in [2.75, 3.05) is 31.6 Å². The van der Waals surface area contributed by atoms with Crippen LogP contribution >= 0.6 is 0 Å². The Morgan fingerprint density at radius 2 is 2.00 bits per heavy atom. The molecule has 0 aliphatic carbocycles. The summed E-state index contributed by atoms with van der Waals surface area (Å²) in [6, 6.07) is 6.01. The van der Waals surface area contributed by atoms with Crippen molar-refractivity contribution in [3.8, 4) is 0 Å². The largest absolute Gasteiger partial charge is 0.368 e. The lowest BCUT2D eigenvalue weighted by atomic mass is 10.0. The van der Waals surface area contributed by atoms with Crippen LogP contribution in [-0.2, 0) is 6.42 Å². The topological polar surface area (TPSA) is 49.6 Å². The fraction of sp³-hybridized carbons (Fsp3) is 0.571. The van der Waals surface area contributed by atoms with Crippen molar-refractivity contribution in [3.05, 3.63) is 33.9 Å². The van der Waals surface area contributed by atoms with E-state index < -0.39 is 0 Å². The molecule has 1 fully saturated rings. The highest BCUT2D eigenvalue weighted by Gasteiger charge is 2.32. The molecule has 2 aliphatic heterocycles. The van der Waals surface area contributed by atoms with Gasteiger partial charge in [-0.2, -0.15) is 0 Å². The van der Waals surface area contributed by atoms with Crippen LogP contribution in [0.2, 0.25) is 0 Å². The maximum absolute atomic E-state index is 11.1. The van der Waals surface area contributed by atoms with Crippen molar-refractivity contribution < 1.29 is 4.92 Å². The minimum Gasteiger partial charge on any atom is -0.368 e. The molecule has 5 nitrogen and oxygen atoms in total. The van der Waals surface area contributed by atoms with Gasteiger partial charge in [-0.3, -0.25) is 10.1 Å². The molecule has 0 radical (unpaired) electrons. The summed E-state index contributed by atoms with van der Waals surface area (Å²) in [5.74, 6) is 0. The molecule has 2 heterocycles.